The molecule has 4 heteroatoms. The number of hydrogen-bond acceptors (Lipinski definition) is 3. The lowest BCUT2D eigenvalue weighted by molar-refractivity contribution is -0.124. The molecular weight excluding hydrogens is 194 g/mol. The minimum absolute atomic E-state index is 0.0427. The number of carbonyl (C=O) groups excluding carboxylic acids is 1. The maximum absolute atomic E-state index is 11.6. The first kappa shape index (κ1) is 12.5. The highest BCUT2D eigenvalue weighted by molar-refractivity contribution is 5.82. The van der Waals surface area contributed by atoms with Gasteiger partial charge in [0, 0.05) is 12.6 Å². The van der Waals surface area contributed by atoms with Gasteiger partial charge in [0.05, 0.1) is 25.2 Å². The van der Waals surface area contributed by atoms with E-state index in [2.05, 4.69) is 5.32 Å². The van der Waals surface area contributed by atoms with Gasteiger partial charge in [-0.25, -0.2) is 0 Å². The highest BCUT2D eigenvalue weighted by atomic mass is 16.5. The number of nitrogens with one attached hydrogen (secondary N) is 1. The van der Waals surface area contributed by atoms with Gasteiger partial charge in [-0.15, -0.1) is 0 Å². The standard InChI is InChI=1S/C11H21NO3/c1-11(2,3)12-10(13)8-7-9(8)15-6-5-14-4/h8-9H,5-7H2,1-4H3,(H,12,13)/t8-,9-/m1/s1. The van der Waals surface area contributed by atoms with Crippen molar-refractivity contribution >= 4 is 5.91 Å². The average Bonchev–Trinajstić information content (AvgIpc) is 2.81. The molecule has 0 unspecified atom stereocenters. The van der Waals surface area contributed by atoms with Gasteiger partial charge in [-0.2, -0.15) is 0 Å². The van der Waals surface area contributed by atoms with E-state index in [1.54, 1.807) is 7.11 Å². The summed E-state index contributed by atoms with van der Waals surface area (Å²) in [6.07, 6.45) is 0.938. The molecule has 15 heavy (non-hydrogen) atoms. The van der Waals surface area contributed by atoms with Gasteiger partial charge in [0.15, 0.2) is 0 Å². The molecule has 0 heterocycles. The smallest absolute Gasteiger partial charge is 0.226 e. The molecule has 0 aliphatic heterocycles. The molecule has 88 valence electrons. The van der Waals surface area contributed by atoms with Crippen LogP contribution >= 0.6 is 0 Å². The zero-order valence-electron chi connectivity index (χ0n) is 10.0. The van der Waals surface area contributed by atoms with Crippen LogP contribution in [0, 0.1) is 5.92 Å². The molecule has 2 atom stereocenters. The fourth-order valence-electron chi connectivity index (χ4n) is 1.38. The van der Waals surface area contributed by atoms with Gasteiger partial charge < -0.3 is 14.8 Å². The number of rotatable bonds is 5. The normalized spacial score (nSPS) is 25.1. The number of carbonyl (C=O) groups is 1. The Morgan fingerprint density at radius 1 is 1.40 bits per heavy atom. The summed E-state index contributed by atoms with van der Waals surface area (Å²) in [4.78, 5) is 11.6. The number of amides is 1. The molecule has 0 aromatic rings. The van der Waals surface area contributed by atoms with Crippen molar-refractivity contribution in [3.8, 4) is 0 Å². The second kappa shape index (κ2) is 4.94. The molecule has 1 saturated carbocycles. The lowest BCUT2D eigenvalue weighted by atomic mass is 10.1. The summed E-state index contributed by atoms with van der Waals surface area (Å²) in [7, 11) is 1.64. The molecule has 0 bridgehead atoms. The van der Waals surface area contributed by atoms with E-state index in [1.165, 1.54) is 0 Å². The number of methoxy groups -OCH3 is 1. The molecule has 0 radical (unpaired) electrons. The molecular formula is C11H21NO3. The Balaban J connectivity index is 2.17. The van der Waals surface area contributed by atoms with E-state index in [-0.39, 0.29) is 23.5 Å². The highest BCUT2D eigenvalue weighted by Gasteiger charge is 2.44. The van der Waals surface area contributed by atoms with E-state index in [4.69, 9.17) is 9.47 Å². The maximum atomic E-state index is 11.6. The minimum atomic E-state index is -0.156. The van der Waals surface area contributed by atoms with Gasteiger partial charge in [-0.3, -0.25) is 4.79 Å². The minimum Gasteiger partial charge on any atom is -0.382 e. The van der Waals surface area contributed by atoms with E-state index in [1.807, 2.05) is 20.8 Å². The Hall–Kier alpha value is -0.610. The fraction of sp³-hybridized carbons (Fsp3) is 0.909. The van der Waals surface area contributed by atoms with Crippen LogP contribution in [0.1, 0.15) is 27.2 Å². The van der Waals surface area contributed by atoms with Crippen molar-refractivity contribution in [1.82, 2.24) is 5.32 Å². The Labute approximate surface area is 91.3 Å². The lowest BCUT2D eigenvalue weighted by Crippen LogP contribution is -2.42. The lowest BCUT2D eigenvalue weighted by Gasteiger charge is -2.20. The van der Waals surface area contributed by atoms with Gasteiger partial charge in [-0.05, 0) is 27.2 Å². The summed E-state index contributed by atoms with van der Waals surface area (Å²) < 4.78 is 10.3. The summed E-state index contributed by atoms with van der Waals surface area (Å²) in [5.41, 5.74) is -0.156. The van der Waals surface area contributed by atoms with E-state index in [0.717, 1.165) is 6.42 Å². The van der Waals surface area contributed by atoms with Crippen molar-refractivity contribution in [1.29, 1.82) is 0 Å². The van der Waals surface area contributed by atoms with Crippen molar-refractivity contribution in [2.75, 3.05) is 20.3 Å². The quantitative estimate of drug-likeness (QED) is 0.695. The Bertz CT molecular complexity index is 222. The van der Waals surface area contributed by atoms with Gasteiger partial charge in [0.25, 0.3) is 0 Å². The molecule has 0 saturated heterocycles. The molecule has 1 rings (SSSR count). The van der Waals surface area contributed by atoms with Crippen LogP contribution in [0.3, 0.4) is 0 Å². The molecule has 0 aromatic heterocycles. The summed E-state index contributed by atoms with van der Waals surface area (Å²) >= 11 is 0. The first-order valence-electron chi connectivity index (χ1n) is 5.36. The van der Waals surface area contributed by atoms with E-state index >= 15 is 0 Å². The first-order valence-corrected chi connectivity index (χ1v) is 5.36. The molecule has 1 aliphatic carbocycles. The van der Waals surface area contributed by atoms with Crippen LogP contribution in [0.4, 0.5) is 0 Å². The second-order valence-corrected chi connectivity index (χ2v) is 4.98. The largest absolute Gasteiger partial charge is 0.382 e. The topological polar surface area (TPSA) is 47.6 Å². The first-order chi connectivity index (χ1) is 6.94. The van der Waals surface area contributed by atoms with E-state index in [9.17, 15) is 4.79 Å². The van der Waals surface area contributed by atoms with Crippen molar-refractivity contribution in [2.24, 2.45) is 5.92 Å². The average molecular weight is 215 g/mol. The third kappa shape index (κ3) is 4.62. The zero-order valence-corrected chi connectivity index (χ0v) is 10.0. The summed E-state index contributed by atoms with van der Waals surface area (Å²) in [6, 6.07) is 0. The predicted molar refractivity (Wildman–Crippen MR) is 57.6 cm³/mol. The third-order valence-electron chi connectivity index (χ3n) is 2.19. The van der Waals surface area contributed by atoms with Gasteiger partial charge >= 0.3 is 0 Å². The van der Waals surface area contributed by atoms with Crippen LogP contribution in [-0.4, -0.2) is 37.9 Å². The third-order valence-corrected chi connectivity index (χ3v) is 2.19. The number of ether oxygens (including phenoxy) is 2. The molecule has 0 spiro atoms. The van der Waals surface area contributed by atoms with E-state index in [0.29, 0.717) is 13.2 Å². The van der Waals surface area contributed by atoms with E-state index < -0.39 is 0 Å². The number of hydrogen-bond donors (Lipinski definition) is 1. The van der Waals surface area contributed by atoms with Crippen molar-refractivity contribution in [2.45, 2.75) is 38.8 Å². The van der Waals surface area contributed by atoms with Crippen LogP contribution in [-0.2, 0) is 14.3 Å². The molecule has 1 N–H and O–H groups in total. The molecule has 1 amide bonds. The summed E-state index contributed by atoms with van der Waals surface area (Å²) in [5.74, 6) is 0.144. The van der Waals surface area contributed by atoms with Crippen molar-refractivity contribution in [3.05, 3.63) is 0 Å². The van der Waals surface area contributed by atoms with Crippen LogP contribution in [0.25, 0.3) is 0 Å². The Morgan fingerprint density at radius 3 is 2.60 bits per heavy atom. The molecule has 1 fully saturated rings. The Kier molecular flexibility index (Phi) is 4.11. The van der Waals surface area contributed by atoms with Crippen LogP contribution in [0.2, 0.25) is 0 Å². The van der Waals surface area contributed by atoms with Gasteiger partial charge in [-0.1, -0.05) is 0 Å². The monoisotopic (exact) mass is 215 g/mol. The van der Waals surface area contributed by atoms with Crippen LogP contribution < -0.4 is 5.32 Å². The summed E-state index contributed by atoms with van der Waals surface area (Å²) in [5, 5.41) is 2.95. The second-order valence-electron chi connectivity index (χ2n) is 4.98. The van der Waals surface area contributed by atoms with Crippen molar-refractivity contribution in [3.63, 3.8) is 0 Å². The molecule has 4 nitrogen and oxygen atoms in total. The van der Waals surface area contributed by atoms with Gasteiger partial charge in [0.2, 0.25) is 5.91 Å². The highest BCUT2D eigenvalue weighted by Crippen LogP contribution is 2.34. The van der Waals surface area contributed by atoms with Crippen molar-refractivity contribution < 1.29 is 14.3 Å². The summed E-state index contributed by atoms with van der Waals surface area (Å²) in [6.45, 7) is 7.10. The SMILES string of the molecule is COCCO[C@@H]1C[C@H]1C(=O)NC(C)(C)C. The Morgan fingerprint density at radius 2 is 2.07 bits per heavy atom. The van der Waals surface area contributed by atoms with Gasteiger partial charge in [0.1, 0.15) is 0 Å². The fourth-order valence-corrected chi connectivity index (χ4v) is 1.38. The van der Waals surface area contributed by atoms with Crippen LogP contribution in [0.15, 0.2) is 0 Å². The zero-order chi connectivity index (χ0) is 11.5. The molecule has 1 aliphatic rings. The predicted octanol–water partition coefficient (Wildman–Crippen LogP) is 0.953. The maximum Gasteiger partial charge on any atom is 0.226 e. The van der Waals surface area contributed by atoms with Crippen LogP contribution in [0.5, 0.6) is 0 Å². The molecule has 0 aromatic carbocycles.